The Hall–Kier alpha value is -4.14. The molecule has 3 aromatic rings. The van der Waals surface area contributed by atoms with E-state index in [1.54, 1.807) is 30.0 Å². The van der Waals surface area contributed by atoms with Crippen LogP contribution in [0.4, 0.5) is 29.3 Å². The van der Waals surface area contributed by atoms with Crippen LogP contribution in [0.25, 0.3) is 0 Å². The lowest BCUT2D eigenvalue weighted by Crippen LogP contribution is -2.65. The Labute approximate surface area is 327 Å². The average molecular weight is 796 g/mol. The lowest BCUT2D eigenvalue weighted by atomic mass is 9.57. The van der Waals surface area contributed by atoms with Gasteiger partial charge in [0.05, 0.1) is 35.7 Å². The molecule has 2 amide bonds. The molecule has 1 aliphatic carbocycles. The van der Waals surface area contributed by atoms with Crippen molar-refractivity contribution in [1.29, 1.82) is 0 Å². The molecular weight excluding hydrogens is 744 g/mol. The smallest absolute Gasteiger partial charge is 0.407 e. The molecule has 3 aliphatic heterocycles. The second-order valence-corrected chi connectivity index (χ2v) is 18.0. The van der Waals surface area contributed by atoms with E-state index < -0.39 is 32.8 Å². The zero-order valence-electron chi connectivity index (χ0n) is 32.1. The topological polar surface area (TPSA) is 111 Å². The van der Waals surface area contributed by atoms with E-state index in [-0.39, 0.29) is 71.1 Å². The molecule has 3 heterocycles. The number of methoxy groups -OCH3 is 1. The minimum atomic E-state index is -4.09. The maximum absolute atomic E-state index is 16.3. The van der Waals surface area contributed by atoms with Gasteiger partial charge in [0.25, 0.3) is 0 Å². The molecule has 1 unspecified atom stereocenters. The molecule has 3 aromatic carbocycles. The quantitative estimate of drug-likeness (QED) is 0.201. The molecule has 0 aromatic heterocycles. The maximum atomic E-state index is 16.3. The number of alkyl carbamates (subject to hydrolysis) is 1. The van der Waals surface area contributed by atoms with E-state index in [1.807, 2.05) is 6.07 Å². The molecule has 0 spiro atoms. The zero-order chi connectivity index (χ0) is 39.7. The SMILES string of the molecule is CCC(=O)Nc1cccc(S(=O)(=O)c2ccc(N3CC(F)(CN4CCC(C(CN5CCC5)(c5cccc(F)c5)[C@H]5CCC[C@@H]5NC(=O)OC)CC4)C3)c(F)c2)c1. The lowest BCUT2D eigenvalue weighted by molar-refractivity contribution is -0.115. The van der Waals surface area contributed by atoms with Crippen LogP contribution in [-0.2, 0) is 24.8 Å². The van der Waals surface area contributed by atoms with Crippen LogP contribution in [0.2, 0.25) is 0 Å². The highest BCUT2D eigenvalue weighted by molar-refractivity contribution is 7.91. The zero-order valence-corrected chi connectivity index (χ0v) is 32.9. The van der Waals surface area contributed by atoms with Gasteiger partial charge >= 0.3 is 6.09 Å². The van der Waals surface area contributed by atoms with Crippen LogP contribution >= 0.6 is 0 Å². The fourth-order valence-electron chi connectivity index (χ4n) is 9.69. The van der Waals surface area contributed by atoms with Crippen LogP contribution in [0.15, 0.2) is 76.5 Å². The Morgan fingerprint density at radius 2 is 1.62 bits per heavy atom. The lowest BCUT2D eigenvalue weighted by Gasteiger charge is -2.54. The third kappa shape index (κ3) is 8.15. The highest BCUT2D eigenvalue weighted by atomic mass is 32.2. The molecule has 2 N–H and O–H groups in total. The molecular formula is C42H52F3N5O5S. The Kier molecular flexibility index (Phi) is 11.7. The number of halogens is 3. The van der Waals surface area contributed by atoms with Crippen molar-refractivity contribution in [3.63, 3.8) is 0 Å². The Morgan fingerprint density at radius 3 is 2.29 bits per heavy atom. The number of nitrogens with zero attached hydrogens (tertiary/aromatic N) is 3. The summed E-state index contributed by atoms with van der Waals surface area (Å²) in [6, 6.07) is 16.3. The minimum absolute atomic E-state index is 0.0275. The number of hydrogen-bond acceptors (Lipinski definition) is 8. The van der Waals surface area contributed by atoms with Gasteiger partial charge < -0.3 is 25.2 Å². The van der Waals surface area contributed by atoms with Gasteiger partial charge in [-0.05, 0) is 124 Å². The summed E-state index contributed by atoms with van der Waals surface area (Å²) in [6.07, 6.45) is 5.12. The van der Waals surface area contributed by atoms with Gasteiger partial charge in [0.1, 0.15) is 11.6 Å². The Balaban J connectivity index is 1.03. The van der Waals surface area contributed by atoms with Crippen molar-refractivity contribution >= 4 is 33.2 Å². The highest BCUT2D eigenvalue weighted by Crippen LogP contribution is 2.52. The number of amides is 2. The third-order valence-corrected chi connectivity index (χ3v) is 14.3. The molecule has 4 fully saturated rings. The van der Waals surface area contributed by atoms with Gasteiger partial charge in [-0.3, -0.25) is 9.69 Å². The van der Waals surface area contributed by atoms with E-state index in [0.29, 0.717) is 18.8 Å². The van der Waals surface area contributed by atoms with Crippen LogP contribution in [-0.4, -0.2) is 101 Å². The summed E-state index contributed by atoms with van der Waals surface area (Å²) in [4.78, 5) is 30.2. The summed E-state index contributed by atoms with van der Waals surface area (Å²) in [5.74, 6) is -1.06. The van der Waals surface area contributed by atoms with Gasteiger partial charge in [-0.2, -0.15) is 0 Å². The first-order valence-corrected chi connectivity index (χ1v) is 21.3. The molecule has 10 nitrogen and oxygen atoms in total. The van der Waals surface area contributed by atoms with Gasteiger partial charge in [-0.25, -0.2) is 26.4 Å². The molecule has 3 saturated heterocycles. The monoisotopic (exact) mass is 795 g/mol. The van der Waals surface area contributed by atoms with E-state index in [4.69, 9.17) is 4.74 Å². The first-order chi connectivity index (χ1) is 26.8. The summed E-state index contributed by atoms with van der Waals surface area (Å²) in [5, 5.41) is 5.75. The van der Waals surface area contributed by atoms with Crippen LogP contribution in [0.5, 0.6) is 0 Å². The summed E-state index contributed by atoms with van der Waals surface area (Å²) < 4.78 is 78.6. The molecule has 14 heteroatoms. The molecule has 302 valence electrons. The van der Waals surface area contributed by atoms with Crippen molar-refractivity contribution in [2.24, 2.45) is 11.8 Å². The maximum Gasteiger partial charge on any atom is 0.407 e. The van der Waals surface area contributed by atoms with Gasteiger partial charge in [-0.1, -0.05) is 31.5 Å². The average Bonchev–Trinajstić information content (AvgIpc) is 3.62. The van der Waals surface area contributed by atoms with Crippen molar-refractivity contribution in [3.05, 3.63) is 83.9 Å². The number of likely N-dealkylation sites (tertiary alicyclic amines) is 2. The second kappa shape index (κ2) is 16.4. The van der Waals surface area contributed by atoms with E-state index >= 15 is 13.2 Å². The van der Waals surface area contributed by atoms with Gasteiger partial charge in [0.15, 0.2) is 5.67 Å². The second-order valence-electron chi connectivity index (χ2n) is 16.1. The van der Waals surface area contributed by atoms with E-state index in [9.17, 15) is 18.0 Å². The Morgan fingerprint density at radius 1 is 0.893 bits per heavy atom. The fraction of sp³-hybridized carbons (Fsp3) is 0.524. The Bertz CT molecular complexity index is 2020. The number of carbonyl (C=O) groups excluding carboxylic acids is 2. The van der Waals surface area contributed by atoms with Crippen LogP contribution in [0.1, 0.15) is 57.4 Å². The van der Waals surface area contributed by atoms with Crippen LogP contribution in [0, 0.1) is 23.5 Å². The minimum Gasteiger partial charge on any atom is -0.453 e. The standard InChI is InChI=1S/C42H52F3N5O5S/c1-3-39(51)46-32-10-5-11-33(23-32)56(53,54)34-14-15-38(36(44)24-34)50-26-41(45,27-50)25-49-20-16-29(17-21-49)42(28-48-18-7-19-48,30-8-4-9-31(43)22-30)35-12-6-13-37(35)47-40(52)55-2/h4-5,8-11,14-15,22-24,29,35,37H,3,6-7,12-13,16-21,25-28H2,1-2H3,(H,46,51)(H,47,52)/t35-,37-,42?/m0/s1. The van der Waals surface area contributed by atoms with Gasteiger partial charge in [-0.15, -0.1) is 0 Å². The van der Waals surface area contributed by atoms with Crippen molar-refractivity contribution in [2.45, 2.75) is 78.8 Å². The van der Waals surface area contributed by atoms with Crippen molar-refractivity contribution in [1.82, 2.24) is 15.1 Å². The number of piperidine rings is 1. The molecule has 4 aliphatic rings. The number of rotatable bonds is 13. The summed E-state index contributed by atoms with van der Waals surface area (Å²) in [7, 11) is -2.72. The molecule has 3 atom stereocenters. The first kappa shape index (κ1) is 40.1. The number of carbonyl (C=O) groups is 2. The number of nitrogens with one attached hydrogen (secondary N) is 2. The molecule has 56 heavy (non-hydrogen) atoms. The summed E-state index contributed by atoms with van der Waals surface area (Å²) in [5.41, 5.74) is -0.587. The number of anilines is 2. The largest absolute Gasteiger partial charge is 0.453 e. The number of benzene rings is 3. The van der Waals surface area contributed by atoms with Crippen molar-refractivity contribution in [3.8, 4) is 0 Å². The van der Waals surface area contributed by atoms with E-state index in [2.05, 4.69) is 20.4 Å². The predicted molar refractivity (Wildman–Crippen MR) is 208 cm³/mol. The van der Waals surface area contributed by atoms with Crippen molar-refractivity contribution in [2.75, 3.05) is 69.7 Å². The first-order valence-electron chi connectivity index (χ1n) is 19.8. The number of sulfone groups is 1. The van der Waals surface area contributed by atoms with Gasteiger partial charge in [0.2, 0.25) is 15.7 Å². The van der Waals surface area contributed by atoms with E-state index in [1.165, 1.54) is 43.5 Å². The van der Waals surface area contributed by atoms with E-state index in [0.717, 1.165) is 69.8 Å². The third-order valence-electron chi connectivity index (χ3n) is 12.6. The molecule has 0 radical (unpaired) electrons. The number of alkyl halides is 1. The number of ether oxygens (including phenoxy) is 1. The summed E-state index contributed by atoms with van der Waals surface area (Å²) >= 11 is 0. The normalized spacial score (nSPS) is 22.8. The predicted octanol–water partition coefficient (Wildman–Crippen LogP) is 6.55. The highest BCUT2D eigenvalue weighted by Gasteiger charge is 2.54. The summed E-state index contributed by atoms with van der Waals surface area (Å²) in [6.45, 7) is 5.84. The fourth-order valence-corrected chi connectivity index (χ4v) is 11.0. The molecule has 7 rings (SSSR count). The van der Waals surface area contributed by atoms with Crippen LogP contribution < -0.4 is 15.5 Å². The van der Waals surface area contributed by atoms with Gasteiger partial charge in [0, 0.05) is 36.7 Å². The van der Waals surface area contributed by atoms with Crippen LogP contribution in [0.3, 0.4) is 0 Å². The molecule has 1 saturated carbocycles. The molecule has 0 bridgehead atoms. The van der Waals surface area contributed by atoms with Crippen molar-refractivity contribution < 1.29 is 35.9 Å². The number of hydrogen-bond donors (Lipinski definition) is 2.